The number of hydrogen-bond acceptors (Lipinski definition) is 4. The molecular formula is C8H17NO3. The minimum atomic E-state index is -0.124. The minimum Gasteiger partial charge on any atom is -0.395 e. The van der Waals surface area contributed by atoms with Gasteiger partial charge in [0, 0.05) is 12.5 Å². The Labute approximate surface area is 72.9 Å². The topological polar surface area (TPSA) is 50.7 Å². The molecule has 2 N–H and O–H groups in total. The molecule has 1 saturated heterocycles. The first-order valence-electron chi connectivity index (χ1n) is 4.44. The van der Waals surface area contributed by atoms with E-state index in [0.717, 1.165) is 13.0 Å². The van der Waals surface area contributed by atoms with Gasteiger partial charge in [0.1, 0.15) is 0 Å². The van der Waals surface area contributed by atoms with Crippen LogP contribution < -0.4 is 5.32 Å². The Bertz CT molecular complexity index is 115. The van der Waals surface area contributed by atoms with Gasteiger partial charge in [-0.1, -0.05) is 6.92 Å². The van der Waals surface area contributed by atoms with Crippen LogP contribution in [0.5, 0.6) is 0 Å². The van der Waals surface area contributed by atoms with Crippen molar-refractivity contribution in [1.82, 2.24) is 5.32 Å². The van der Waals surface area contributed by atoms with E-state index in [2.05, 4.69) is 5.32 Å². The molecule has 1 atom stereocenters. The summed E-state index contributed by atoms with van der Waals surface area (Å²) in [6.45, 7) is 4.36. The van der Waals surface area contributed by atoms with Gasteiger partial charge in [0.2, 0.25) is 0 Å². The molecule has 0 aliphatic carbocycles. The Morgan fingerprint density at radius 3 is 2.67 bits per heavy atom. The first-order valence-corrected chi connectivity index (χ1v) is 4.44. The highest BCUT2D eigenvalue weighted by Gasteiger charge is 2.20. The van der Waals surface area contributed by atoms with E-state index < -0.39 is 0 Å². The Morgan fingerprint density at radius 2 is 2.17 bits per heavy atom. The zero-order valence-electron chi connectivity index (χ0n) is 7.45. The zero-order valence-corrected chi connectivity index (χ0v) is 7.45. The second-order valence-corrected chi connectivity index (χ2v) is 2.84. The van der Waals surface area contributed by atoms with Crippen molar-refractivity contribution in [2.75, 3.05) is 26.4 Å². The molecule has 4 nitrogen and oxygen atoms in total. The van der Waals surface area contributed by atoms with E-state index in [0.29, 0.717) is 13.2 Å². The normalized spacial score (nSPS) is 21.5. The summed E-state index contributed by atoms with van der Waals surface area (Å²) < 4.78 is 10.5. The van der Waals surface area contributed by atoms with E-state index in [4.69, 9.17) is 14.6 Å². The van der Waals surface area contributed by atoms with Crippen LogP contribution in [-0.2, 0) is 9.47 Å². The molecule has 0 aromatic heterocycles. The maximum absolute atomic E-state index is 8.94. The third-order valence-electron chi connectivity index (χ3n) is 1.88. The van der Waals surface area contributed by atoms with Crippen LogP contribution in [0.25, 0.3) is 0 Å². The molecule has 1 fully saturated rings. The maximum atomic E-state index is 8.94. The molecule has 0 aromatic rings. The second-order valence-electron chi connectivity index (χ2n) is 2.84. The van der Waals surface area contributed by atoms with Crippen LogP contribution in [0.4, 0.5) is 0 Å². The van der Waals surface area contributed by atoms with E-state index in [1.807, 2.05) is 6.92 Å². The van der Waals surface area contributed by atoms with Crippen molar-refractivity contribution in [2.24, 2.45) is 0 Å². The minimum absolute atomic E-state index is 0.0955. The lowest BCUT2D eigenvalue weighted by atomic mass is 10.2. The maximum Gasteiger partial charge on any atom is 0.159 e. The highest BCUT2D eigenvalue weighted by atomic mass is 16.7. The molecule has 0 bridgehead atoms. The molecule has 0 saturated carbocycles. The standard InChI is InChI=1S/C8H17NO3/c1-2-9-7(6-10)5-8-11-3-4-12-8/h7-10H,2-6H2,1H3. The molecule has 0 amide bonds. The van der Waals surface area contributed by atoms with E-state index >= 15 is 0 Å². The Morgan fingerprint density at radius 1 is 1.50 bits per heavy atom. The fourth-order valence-electron chi connectivity index (χ4n) is 1.29. The number of aliphatic hydroxyl groups is 1. The third-order valence-corrected chi connectivity index (χ3v) is 1.88. The van der Waals surface area contributed by atoms with Gasteiger partial charge < -0.3 is 19.9 Å². The summed E-state index contributed by atoms with van der Waals surface area (Å²) in [4.78, 5) is 0. The molecule has 0 spiro atoms. The van der Waals surface area contributed by atoms with Crippen LogP contribution in [0, 0.1) is 0 Å². The smallest absolute Gasteiger partial charge is 0.159 e. The van der Waals surface area contributed by atoms with Crippen molar-refractivity contribution >= 4 is 0 Å². The van der Waals surface area contributed by atoms with Crippen LogP contribution in [-0.4, -0.2) is 43.8 Å². The summed E-state index contributed by atoms with van der Waals surface area (Å²) in [6, 6.07) is 0.0955. The molecule has 1 aliphatic heterocycles. The van der Waals surface area contributed by atoms with Crippen molar-refractivity contribution < 1.29 is 14.6 Å². The first-order chi connectivity index (χ1) is 5.86. The van der Waals surface area contributed by atoms with E-state index in [9.17, 15) is 0 Å². The molecular weight excluding hydrogens is 158 g/mol. The quantitative estimate of drug-likeness (QED) is 0.603. The average Bonchev–Trinajstić information content (AvgIpc) is 2.56. The zero-order chi connectivity index (χ0) is 8.81. The Kier molecular flexibility index (Phi) is 4.53. The summed E-state index contributed by atoms with van der Waals surface area (Å²) in [5.74, 6) is 0. The fraction of sp³-hybridized carbons (Fsp3) is 1.00. The number of ether oxygens (including phenoxy) is 2. The Balaban J connectivity index is 2.16. The largest absolute Gasteiger partial charge is 0.395 e. The molecule has 12 heavy (non-hydrogen) atoms. The van der Waals surface area contributed by atoms with E-state index in [1.165, 1.54) is 0 Å². The predicted octanol–water partition coefficient (Wildman–Crippen LogP) is -0.280. The number of nitrogens with one attached hydrogen (secondary N) is 1. The average molecular weight is 175 g/mol. The highest BCUT2D eigenvalue weighted by molar-refractivity contribution is 4.67. The van der Waals surface area contributed by atoms with Crippen molar-refractivity contribution in [3.63, 3.8) is 0 Å². The van der Waals surface area contributed by atoms with Crippen molar-refractivity contribution in [3.8, 4) is 0 Å². The summed E-state index contributed by atoms with van der Waals surface area (Å²) in [7, 11) is 0. The van der Waals surface area contributed by atoms with Gasteiger partial charge >= 0.3 is 0 Å². The Hall–Kier alpha value is -0.160. The second kappa shape index (κ2) is 5.48. The predicted molar refractivity (Wildman–Crippen MR) is 44.9 cm³/mol. The van der Waals surface area contributed by atoms with Gasteiger partial charge in [0.15, 0.2) is 6.29 Å². The monoisotopic (exact) mass is 175 g/mol. The van der Waals surface area contributed by atoms with E-state index in [-0.39, 0.29) is 18.9 Å². The van der Waals surface area contributed by atoms with Gasteiger partial charge in [0.05, 0.1) is 19.8 Å². The van der Waals surface area contributed by atoms with Gasteiger partial charge in [-0.25, -0.2) is 0 Å². The van der Waals surface area contributed by atoms with Crippen LogP contribution in [0.1, 0.15) is 13.3 Å². The summed E-state index contributed by atoms with van der Waals surface area (Å²) in [5, 5.41) is 12.1. The lowest BCUT2D eigenvalue weighted by Crippen LogP contribution is -2.35. The number of hydrogen-bond donors (Lipinski definition) is 2. The van der Waals surface area contributed by atoms with Gasteiger partial charge in [0.25, 0.3) is 0 Å². The van der Waals surface area contributed by atoms with Crippen LogP contribution in [0.15, 0.2) is 0 Å². The molecule has 0 aromatic carbocycles. The van der Waals surface area contributed by atoms with Gasteiger partial charge in [-0.3, -0.25) is 0 Å². The first kappa shape index (κ1) is 9.92. The molecule has 1 aliphatic rings. The van der Waals surface area contributed by atoms with Gasteiger partial charge in [-0.05, 0) is 6.54 Å². The highest BCUT2D eigenvalue weighted by Crippen LogP contribution is 2.09. The van der Waals surface area contributed by atoms with Crippen molar-refractivity contribution in [3.05, 3.63) is 0 Å². The van der Waals surface area contributed by atoms with Crippen LogP contribution in [0.2, 0.25) is 0 Å². The third kappa shape index (κ3) is 3.06. The van der Waals surface area contributed by atoms with Crippen molar-refractivity contribution in [2.45, 2.75) is 25.7 Å². The van der Waals surface area contributed by atoms with Gasteiger partial charge in [-0.15, -0.1) is 0 Å². The number of aliphatic hydroxyl groups excluding tert-OH is 1. The molecule has 4 heteroatoms. The van der Waals surface area contributed by atoms with Crippen molar-refractivity contribution in [1.29, 1.82) is 0 Å². The lowest BCUT2D eigenvalue weighted by molar-refractivity contribution is -0.0557. The molecule has 1 unspecified atom stereocenters. The SMILES string of the molecule is CCNC(CO)CC1OCCO1. The summed E-state index contributed by atoms with van der Waals surface area (Å²) in [6.07, 6.45) is 0.603. The van der Waals surface area contributed by atoms with Crippen LogP contribution >= 0.6 is 0 Å². The number of likely N-dealkylation sites (N-methyl/N-ethyl adjacent to an activating group) is 1. The van der Waals surface area contributed by atoms with Crippen LogP contribution in [0.3, 0.4) is 0 Å². The molecule has 0 radical (unpaired) electrons. The molecule has 1 rings (SSSR count). The number of rotatable bonds is 5. The summed E-state index contributed by atoms with van der Waals surface area (Å²) in [5.41, 5.74) is 0. The fourth-order valence-corrected chi connectivity index (χ4v) is 1.29. The molecule has 72 valence electrons. The van der Waals surface area contributed by atoms with Gasteiger partial charge in [-0.2, -0.15) is 0 Å². The summed E-state index contributed by atoms with van der Waals surface area (Å²) >= 11 is 0. The lowest BCUT2D eigenvalue weighted by Gasteiger charge is -2.17. The molecule has 1 heterocycles. The van der Waals surface area contributed by atoms with E-state index in [1.54, 1.807) is 0 Å².